The topological polar surface area (TPSA) is 0 Å². The summed E-state index contributed by atoms with van der Waals surface area (Å²) in [6.07, 6.45) is 10.3. The predicted molar refractivity (Wildman–Crippen MR) is 226 cm³/mol. The Morgan fingerprint density at radius 1 is 0.510 bits per heavy atom. The fourth-order valence-electron chi connectivity index (χ4n) is 8.03. The van der Waals surface area contributed by atoms with Crippen molar-refractivity contribution in [2.24, 2.45) is 5.41 Å². The van der Waals surface area contributed by atoms with Gasteiger partial charge in [-0.25, -0.2) is 0 Å². The third kappa shape index (κ3) is 6.48. The highest BCUT2D eigenvalue weighted by molar-refractivity contribution is 6.23. The Balaban J connectivity index is 0.00000108. The number of hydrogen-bond donors (Lipinski definition) is 0. The molecular formula is C51H50. The first-order chi connectivity index (χ1) is 25.0. The molecule has 0 saturated heterocycles. The fourth-order valence-corrected chi connectivity index (χ4v) is 8.03. The summed E-state index contributed by atoms with van der Waals surface area (Å²) in [6, 6.07) is 51.1. The van der Waals surface area contributed by atoms with Crippen LogP contribution in [0.4, 0.5) is 0 Å². The minimum Gasteiger partial charge on any atom is -0.0915 e. The summed E-state index contributed by atoms with van der Waals surface area (Å²) in [5.41, 5.74) is 10.1. The molecule has 1 atom stereocenters. The molecule has 0 saturated carbocycles. The summed E-state index contributed by atoms with van der Waals surface area (Å²) < 4.78 is 0. The molecular weight excluding hydrogens is 613 g/mol. The van der Waals surface area contributed by atoms with E-state index in [2.05, 4.69) is 184 Å². The average molecular weight is 663 g/mol. The zero-order chi connectivity index (χ0) is 36.0. The Labute approximate surface area is 305 Å². The number of allylic oxidation sites excluding steroid dienone is 7. The van der Waals surface area contributed by atoms with Gasteiger partial charge in [0, 0.05) is 11.3 Å². The van der Waals surface area contributed by atoms with Gasteiger partial charge < -0.3 is 0 Å². The molecule has 0 heteroatoms. The highest BCUT2D eigenvalue weighted by atomic mass is 14.4. The zero-order valence-electron chi connectivity index (χ0n) is 31.1. The van der Waals surface area contributed by atoms with E-state index < -0.39 is 0 Å². The zero-order valence-corrected chi connectivity index (χ0v) is 31.1. The van der Waals surface area contributed by atoms with Gasteiger partial charge in [0.05, 0.1) is 0 Å². The Hall–Kier alpha value is -5.46. The fraction of sp³-hybridized carbons (Fsp3) is 0.176. The first kappa shape index (κ1) is 35.4. The van der Waals surface area contributed by atoms with Gasteiger partial charge in [-0.15, -0.1) is 0 Å². The molecule has 0 spiro atoms. The highest BCUT2D eigenvalue weighted by Crippen LogP contribution is 2.54. The van der Waals surface area contributed by atoms with Crippen molar-refractivity contribution >= 4 is 32.3 Å². The number of rotatable bonds is 3. The normalized spacial score (nSPS) is 15.7. The van der Waals surface area contributed by atoms with E-state index in [1.807, 2.05) is 27.7 Å². The van der Waals surface area contributed by atoms with Crippen LogP contribution in [-0.4, -0.2) is 0 Å². The van der Waals surface area contributed by atoms with Crippen molar-refractivity contribution in [2.75, 3.05) is 0 Å². The lowest BCUT2D eigenvalue weighted by Gasteiger charge is -2.35. The molecule has 254 valence electrons. The first-order valence-electron chi connectivity index (χ1n) is 18.7. The van der Waals surface area contributed by atoms with E-state index in [0.29, 0.717) is 0 Å². The third-order valence-corrected chi connectivity index (χ3v) is 10.3. The van der Waals surface area contributed by atoms with Crippen molar-refractivity contribution in [1.82, 2.24) is 0 Å². The van der Waals surface area contributed by atoms with Gasteiger partial charge in [0.25, 0.3) is 0 Å². The molecule has 0 amide bonds. The maximum absolute atomic E-state index is 4.52. The van der Waals surface area contributed by atoms with Gasteiger partial charge in [-0.2, -0.15) is 0 Å². The molecule has 1 unspecified atom stereocenters. The number of fused-ring (bicyclic) bond motifs is 3. The SMILES string of the molecule is C=C1C=CC(c2ccccccc3ccccc3c2-c2c3ccccc3c(-c3ccccc3)c3ccccc23)C(C)(C)C2=C1CC=C2.CC.CC. The molecule has 0 aliphatic heterocycles. The van der Waals surface area contributed by atoms with E-state index in [0.717, 1.165) is 12.0 Å². The second kappa shape index (κ2) is 15.6. The van der Waals surface area contributed by atoms with Crippen LogP contribution in [0.25, 0.3) is 54.6 Å². The largest absolute Gasteiger partial charge is 0.0915 e. The molecule has 6 aromatic rings. The van der Waals surface area contributed by atoms with Gasteiger partial charge in [0.15, 0.2) is 0 Å². The van der Waals surface area contributed by atoms with Crippen LogP contribution in [0.15, 0.2) is 187 Å². The summed E-state index contributed by atoms with van der Waals surface area (Å²) in [5, 5.41) is 7.50. The molecule has 0 aromatic heterocycles. The second-order valence-electron chi connectivity index (χ2n) is 13.3. The van der Waals surface area contributed by atoms with Crippen LogP contribution in [0.1, 0.15) is 59.4 Å². The summed E-state index contributed by atoms with van der Waals surface area (Å²) in [7, 11) is 0. The van der Waals surface area contributed by atoms with E-state index in [1.54, 1.807) is 0 Å². The molecule has 0 nitrogen and oxygen atoms in total. The Bertz CT molecular complexity index is 2300. The summed E-state index contributed by atoms with van der Waals surface area (Å²) in [6.45, 7) is 17.3. The quantitative estimate of drug-likeness (QED) is 0.165. The molecule has 51 heavy (non-hydrogen) atoms. The molecule has 0 radical (unpaired) electrons. The predicted octanol–water partition coefficient (Wildman–Crippen LogP) is 15.1. The number of hydrogen-bond acceptors (Lipinski definition) is 0. The molecule has 2 aliphatic carbocycles. The molecule has 0 fully saturated rings. The van der Waals surface area contributed by atoms with E-state index in [1.165, 1.54) is 71.3 Å². The van der Waals surface area contributed by atoms with Crippen LogP contribution in [0.3, 0.4) is 0 Å². The van der Waals surface area contributed by atoms with Crippen molar-refractivity contribution < 1.29 is 0 Å². The van der Waals surface area contributed by atoms with Crippen molar-refractivity contribution in [3.05, 3.63) is 193 Å². The monoisotopic (exact) mass is 662 g/mol. The van der Waals surface area contributed by atoms with Crippen LogP contribution >= 0.6 is 0 Å². The minimum atomic E-state index is -0.169. The maximum Gasteiger partial charge on any atom is 0.0119 e. The second-order valence-corrected chi connectivity index (χ2v) is 13.3. The molecule has 2 aliphatic rings. The Morgan fingerprint density at radius 3 is 1.59 bits per heavy atom. The molecule has 0 N–H and O–H groups in total. The van der Waals surface area contributed by atoms with Crippen LogP contribution in [0.5, 0.6) is 0 Å². The Kier molecular flexibility index (Phi) is 10.8. The van der Waals surface area contributed by atoms with Crippen LogP contribution in [-0.2, 0) is 0 Å². The number of benzene rings is 5. The van der Waals surface area contributed by atoms with E-state index in [9.17, 15) is 0 Å². The van der Waals surface area contributed by atoms with Crippen LogP contribution in [0.2, 0.25) is 0 Å². The smallest absolute Gasteiger partial charge is 0.0119 e. The van der Waals surface area contributed by atoms with Crippen molar-refractivity contribution in [3.8, 4) is 22.3 Å². The van der Waals surface area contributed by atoms with E-state index in [-0.39, 0.29) is 11.3 Å². The van der Waals surface area contributed by atoms with Gasteiger partial charge >= 0.3 is 0 Å². The first-order valence-corrected chi connectivity index (χ1v) is 18.7. The lowest BCUT2D eigenvalue weighted by Crippen LogP contribution is -2.23. The summed E-state index contributed by atoms with van der Waals surface area (Å²) >= 11 is 0. The average Bonchev–Trinajstić information content (AvgIpc) is 3.67. The summed E-state index contributed by atoms with van der Waals surface area (Å²) in [4.78, 5) is 0. The maximum atomic E-state index is 4.52. The minimum absolute atomic E-state index is 0.0944. The van der Waals surface area contributed by atoms with E-state index in [4.69, 9.17) is 0 Å². The van der Waals surface area contributed by atoms with Gasteiger partial charge in [0.1, 0.15) is 0 Å². The van der Waals surface area contributed by atoms with Crippen molar-refractivity contribution in [3.63, 3.8) is 0 Å². The summed E-state index contributed by atoms with van der Waals surface area (Å²) in [5.74, 6) is 0.0944. The standard InChI is InChI=1S/C47H38.2C2H6/c1-32-30-31-43(47(2,3)42-29-17-28-35(32)42)41-27-10-5-4-7-18-33-19-11-12-22-36(33)45(41)46-39-25-15-13-23-37(39)44(34-20-8-6-9-21-34)38-24-14-16-26-40(38)46;2*1-2/h4-27,29-31,43H,1,28H2,2-3H3;2*1-2H3. The van der Waals surface area contributed by atoms with Crippen molar-refractivity contribution in [1.29, 1.82) is 0 Å². The highest BCUT2D eigenvalue weighted by Gasteiger charge is 2.38. The lowest BCUT2D eigenvalue weighted by atomic mass is 9.68. The third-order valence-electron chi connectivity index (χ3n) is 10.3. The molecule has 0 heterocycles. The molecule has 8 rings (SSSR count). The van der Waals surface area contributed by atoms with Gasteiger partial charge in [-0.3, -0.25) is 0 Å². The van der Waals surface area contributed by atoms with Crippen molar-refractivity contribution in [2.45, 2.75) is 53.9 Å². The Morgan fingerprint density at radius 2 is 0.980 bits per heavy atom. The van der Waals surface area contributed by atoms with Gasteiger partial charge in [-0.05, 0) is 83.3 Å². The van der Waals surface area contributed by atoms with E-state index >= 15 is 0 Å². The van der Waals surface area contributed by atoms with Crippen LogP contribution in [0, 0.1) is 5.41 Å². The molecule has 6 aromatic carbocycles. The molecule has 0 bridgehead atoms. The van der Waals surface area contributed by atoms with Crippen LogP contribution < -0.4 is 0 Å². The lowest BCUT2D eigenvalue weighted by molar-refractivity contribution is 0.407. The van der Waals surface area contributed by atoms with Gasteiger partial charge in [-0.1, -0.05) is 212 Å². The van der Waals surface area contributed by atoms with Gasteiger partial charge in [0.2, 0.25) is 0 Å².